The number of aryl methyl sites for hydroxylation is 1. The fraction of sp³-hybridized carbons (Fsp3) is 0.455. The molecular formula is C11H13N3O. The topological polar surface area (TPSA) is 39.4 Å². The van der Waals surface area contributed by atoms with E-state index in [1.165, 1.54) is 12.8 Å². The van der Waals surface area contributed by atoms with E-state index in [0.29, 0.717) is 5.92 Å². The van der Waals surface area contributed by atoms with Crippen LogP contribution in [0, 0.1) is 6.92 Å². The summed E-state index contributed by atoms with van der Waals surface area (Å²) in [5, 5.41) is 4.51. The first-order chi connectivity index (χ1) is 7.29. The van der Waals surface area contributed by atoms with E-state index in [1.807, 2.05) is 23.6 Å². The van der Waals surface area contributed by atoms with Gasteiger partial charge in [0.1, 0.15) is 0 Å². The number of pyridine rings is 1. The van der Waals surface area contributed by atoms with Crippen LogP contribution in [0.5, 0.6) is 5.75 Å². The second-order valence-electron chi connectivity index (χ2n) is 4.02. The van der Waals surface area contributed by atoms with E-state index in [-0.39, 0.29) is 0 Å². The van der Waals surface area contributed by atoms with Crippen LogP contribution < -0.4 is 4.74 Å². The maximum atomic E-state index is 5.27. The van der Waals surface area contributed by atoms with E-state index in [4.69, 9.17) is 4.74 Å². The minimum Gasteiger partial charge on any atom is -0.493 e. The number of rotatable bonds is 2. The normalized spacial score (nSPS) is 15.9. The second kappa shape index (κ2) is 2.95. The molecule has 0 saturated heterocycles. The zero-order valence-electron chi connectivity index (χ0n) is 8.90. The minimum atomic E-state index is 0.578. The largest absolute Gasteiger partial charge is 0.493 e. The molecule has 0 aliphatic heterocycles. The Morgan fingerprint density at radius 2 is 2.20 bits per heavy atom. The highest BCUT2D eigenvalue weighted by atomic mass is 16.5. The Balaban J connectivity index is 2.25. The van der Waals surface area contributed by atoms with Gasteiger partial charge in [-0.05, 0) is 31.9 Å². The summed E-state index contributed by atoms with van der Waals surface area (Å²) in [6.45, 7) is 2.03. The number of methoxy groups -OCH3 is 1. The van der Waals surface area contributed by atoms with Gasteiger partial charge in [-0.25, -0.2) is 9.50 Å². The number of nitrogens with zero attached hydrogens (tertiary/aromatic N) is 3. The maximum Gasteiger partial charge on any atom is 0.198 e. The van der Waals surface area contributed by atoms with Gasteiger partial charge in [0, 0.05) is 11.6 Å². The van der Waals surface area contributed by atoms with Crippen LogP contribution in [0.4, 0.5) is 0 Å². The molecule has 0 amide bonds. The van der Waals surface area contributed by atoms with Crippen LogP contribution in [0.1, 0.15) is 30.3 Å². The van der Waals surface area contributed by atoms with Crippen molar-refractivity contribution in [2.75, 3.05) is 7.11 Å². The van der Waals surface area contributed by atoms with Crippen molar-refractivity contribution in [2.45, 2.75) is 25.7 Å². The molecule has 2 heterocycles. The molecule has 1 saturated carbocycles. The monoisotopic (exact) mass is 203 g/mol. The molecule has 78 valence electrons. The van der Waals surface area contributed by atoms with Gasteiger partial charge in [-0.15, -0.1) is 0 Å². The van der Waals surface area contributed by atoms with Crippen molar-refractivity contribution in [3.8, 4) is 5.75 Å². The number of fused-ring (bicyclic) bond motifs is 1. The zero-order chi connectivity index (χ0) is 10.4. The maximum absolute atomic E-state index is 5.27. The Bertz CT molecular complexity index is 514. The van der Waals surface area contributed by atoms with Crippen molar-refractivity contribution in [3.63, 3.8) is 0 Å². The second-order valence-corrected chi connectivity index (χ2v) is 4.02. The van der Waals surface area contributed by atoms with Gasteiger partial charge < -0.3 is 4.74 Å². The summed E-state index contributed by atoms with van der Waals surface area (Å²) in [6.07, 6.45) is 2.44. The molecule has 2 aromatic heterocycles. The van der Waals surface area contributed by atoms with Crippen molar-refractivity contribution in [3.05, 3.63) is 23.7 Å². The van der Waals surface area contributed by atoms with Gasteiger partial charge in [-0.2, -0.15) is 5.10 Å². The molecule has 0 spiro atoms. The van der Waals surface area contributed by atoms with Crippen molar-refractivity contribution in [1.29, 1.82) is 0 Å². The highest BCUT2D eigenvalue weighted by Crippen LogP contribution is 2.38. The predicted molar refractivity (Wildman–Crippen MR) is 56.3 cm³/mol. The molecule has 0 N–H and O–H groups in total. The molecule has 1 fully saturated rings. The molecule has 0 bridgehead atoms. The van der Waals surface area contributed by atoms with Crippen molar-refractivity contribution < 1.29 is 4.74 Å². The van der Waals surface area contributed by atoms with Crippen molar-refractivity contribution >= 4 is 5.65 Å². The molecule has 4 nitrogen and oxygen atoms in total. The van der Waals surface area contributed by atoms with Crippen LogP contribution in [0.15, 0.2) is 12.1 Å². The predicted octanol–water partition coefficient (Wildman–Crippen LogP) is 1.92. The summed E-state index contributed by atoms with van der Waals surface area (Å²) in [5.74, 6) is 2.33. The summed E-state index contributed by atoms with van der Waals surface area (Å²) in [5.41, 5.74) is 1.92. The highest BCUT2D eigenvalue weighted by Gasteiger charge is 2.28. The van der Waals surface area contributed by atoms with Gasteiger partial charge in [-0.3, -0.25) is 0 Å². The molecule has 4 heteroatoms. The quantitative estimate of drug-likeness (QED) is 0.748. The third kappa shape index (κ3) is 1.28. The Morgan fingerprint density at radius 3 is 2.87 bits per heavy atom. The fourth-order valence-corrected chi connectivity index (χ4v) is 1.75. The van der Waals surface area contributed by atoms with Crippen LogP contribution >= 0.6 is 0 Å². The van der Waals surface area contributed by atoms with Gasteiger partial charge >= 0.3 is 0 Å². The molecule has 3 rings (SSSR count). The van der Waals surface area contributed by atoms with Gasteiger partial charge in [0.15, 0.2) is 17.2 Å². The third-order valence-electron chi connectivity index (χ3n) is 2.82. The molecule has 0 radical (unpaired) electrons. The summed E-state index contributed by atoms with van der Waals surface area (Å²) >= 11 is 0. The lowest BCUT2D eigenvalue weighted by molar-refractivity contribution is 0.416. The average Bonchev–Trinajstić information content (AvgIpc) is 2.99. The number of ether oxygens (including phenoxy) is 1. The first-order valence-electron chi connectivity index (χ1n) is 5.20. The van der Waals surface area contributed by atoms with Crippen LogP contribution in [-0.2, 0) is 0 Å². The smallest absolute Gasteiger partial charge is 0.198 e. The Kier molecular flexibility index (Phi) is 1.71. The zero-order valence-corrected chi connectivity index (χ0v) is 8.90. The molecular weight excluding hydrogens is 190 g/mol. The molecule has 1 aliphatic rings. The molecule has 0 unspecified atom stereocenters. The molecule has 1 aliphatic carbocycles. The van der Waals surface area contributed by atoms with Crippen LogP contribution in [0.25, 0.3) is 5.65 Å². The van der Waals surface area contributed by atoms with E-state index in [0.717, 1.165) is 22.9 Å². The van der Waals surface area contributed by atoms with E-state index in [1.54, 1.807) is 7.11 Å². The lowest BCUT2D eigenvalue weighted by Gasteiger charge is -2.02. The number of hydrogen-bond donors (Lipinski definition) is 0. The summed E-state index contributed by atoms with van der Waals surface area (Å²) in [6, 6.07) is 3.94. The average molecular weight is 203 g/mol. The Hall–Kier alpha value is -1.58. The number of aromatic nitrogens is 3. The third-order valence-corrected chi connectivity index (χ3v) is 2.82. The lowest BCUT2D eigenvalue weighted by atomic mass is 10.3. The minimum absolute atomic E-state index is 0.578. The van der Waals surface area contributed by atoms with Gasteiger partial charge in [0.25, 0.3) is 0 Å². The van der Waals surface area contributed by atoms with Crippen LogP contribution in [0.2, 0.25) is 0 Å². The van der Waals surface area contributed by atoms with Crippen molar-refractivity contribution in [2.24, 2.45) is 0 Å². The van der Waals surface area contributed by atoms with Crippen molar-refractivity contribution in [1.82, 2.24) is 14.6 Å². The van der Waals surface area contributed by atoms with Gasteiger partial charge in [0.05, 0.1) is 7.11 Å². The Labute approximate surface area is 87.9 Å². The molecule has 2 aromatic rings. The van der Waals surface area contributed by atoms with Gasteiger partial charge in [0.2, 0.25) is 0 Å². The molecule has 15 heavy (non-hydrogen) atoms. The fourth-order valence-electron chi connectivity index (χ4n) is 1.75. The molecule has 0 atom stereocenters. The van der Waals surface area contributed by atoms with E-state index >= 15 is 0 Å². The molecule has 0 aromatic carbocycles. The SMILES string of the molecule is COc1ccc(C)n2nc(C3CC3)nc12. The van der Waals surface area contributed by atoms with Crippen LogP contribution in [0.3, 0.4) is 0 Å². The summed E-state index contributed by atoms with van der Waals surface area (Å²) in [4.78, 5) is 4.53. The highest BCUT2D eigenvalue weighted by molar-refractivity contribution is 5.54. The number of hydrogen-bond acceptors (Lipinski definition) is 3. The summed E-state index contributed by atoms with van der Waals surface area (Å²) in [7, 11) is 1.66. The van der Waals surface area contributed by atoms with E-state index in [9.17, 15) is 0 Å². The van der Waals surface area contributed by atoms with Gasteiger partial charge in [-0.1, -0.05) is 0 Å². The summed E-state index contributed by atoms with van der Waals surface area (Å²) < 4.78 is 7.14. The first-order valence-corrected chi connectivity index (χ1v) is 5.20. The van der Waals surface area contributed by atoms with E-state index in [2.05, 4.69) is 10.1 Å². The Morgan fingerprint density at radius 1 is 1.40 bits per heavy atom. The first kappa shape index (κ1) is 8.71. The standard InChI is InChI=1S/C11H13N3O/c1-7-3-6-9(15-2)11-12-10(8-4-5-8)13-14(7)11/h3,6,8H,4-5H2,1-2H3. The van der Waals surface area contributed by atoms with E-state index < -0.39 is 0 Å². The van der Waals surface area contributed by atoms with Crippen LogP contribution in [-0.4, -0.2) is 21.7 Å². The lowest BCUT2D eigenvalue weighted by Crippen LogP contribution is -1.95.